The Kier molecular flexibility index (Phi) is 4.80. The lowest BCUT2D eigenvalue weighted by Crippen LogP contribution is -2.68. The number of hydrogen-bond acceptors (Lipinski definition) is 3. The van der Waals surface area contributed by atoms with Gasteiger partial charge in [-0.15, -0.1) is 0 Å². The van der Waals surface area contributed by atoms with E-state index < -0.39 is 5.12 Å². The molecule has 72 valence electrons. The Bertz CT molecular complexity index is 148. The summed E-state index contributed by atoms with van der Waals surface area (Å²) in [5.74, 6) is 0. The van der Waals surface area contributed by atoms with E-state index in [1.165, 1.54) is 0 Å². The Morgan fingerprint density at radius 2 is 1.83 bits per heavy atom. The highest BCUT2D eigenvalue weighted by Gasteiger charge is 2.34. The second kappa shape index (κ2) is 4.92. The van der Waals surface area contributed by atoms with Crippen molar-refractivity contribution in [3.8, 4) is 0 Å². The van der Waals surface area contributed by atoms with Crippen LogP contribution in [0.15, 0.2) is 0 Å². The van der Waals surface area contributed by atoms with Crippen LogP contribution < -0.4 is 16.0 Å². The van der Waals surface area contributed by atoms with E-state index in [0.29, 0.717) is 0 Å². The Morgan fingerprint density at radius 3 is 2.25 bits per heavy atom. The first-order valence-corrected chi connectivity index (χ1v) is 6.71. The van der Waals surface area contributed by atoms with Crippen molar-refractivity contribution in [1.29, 1.82) is 0 Å². The standard InChI is InChI=1S/C6H12ClI2N3/c1-2-3-6(7)11-4(8)10-5(9)12-6/h4-5,10-12H,2-3H2,1H3. The molecule has 0 aromatic carbocycles. The fourth-order valence-corrected chi connectivity index (χ4v) is 4.39. The molecule has 1 fully saturated rings. The molecule has 0 aliphatic carbocycles. The van der Waals surface area contributed by atoms with E-state index in [2.05, 4.69) is 68.1 Å². The molecule has 0 spiro atoms. The van der Waals surface area contributed by atoms with E-state index in [9.17, 15) is 0 Å². The molecular formula is C6H12ClI2N3. The maximum atomic E-state index is 6.29. The van der Waals surface area contributed by atoms with Crippen LogP contribution >= 0.6 is 56.8 Å². The fourth-order valence-electron chi connectivity index (χ4n) is 1.14. The smallest absolute Gasteiger partial charge is 0.150 e. The fraction of sp³-hybridized carbons (Fsp3) is 1.00. The van der Waals surface area contributed by atoms with Crippen LogP contribution in [-0.2, 0) is 0 Å². The number of nitrogens with one attached hydrogen (secondary N) is 3. The molecule has 1 heterocycles. The van der Waals surface area contributed by atoms with Crippen molar-refractivity contribution in [3.05, 3.63) is 0 Å². The van der Waals surface area contributed by atoms with Crippen LogP contribution in [0.25, 0.3) is 0 Å². The van der Waals surface area contributed by atoms with Crippen molar-refractivity contribution in [2.75, 3.05) is 0 Å². The lowest BCUT2D eigenvalue weighted by molar-refractivity contribution is 0.260. The zero-order valence-electron chi connectivity index (χ0n) is 6.70. The molecule has 2 atom stereocenters. The molecule has 0 saturated carbocycles. The van der Waals surface area contributed by atoms with E-state index >= 15 is 0 Å². The van der Waals surface area contributed by atoms with Gasteiger partial charge in [0.25, 0.3) is 0 Å². The van der Waals surface area contributed by atoms with Gasteiger partial charge in [-0.25, -0.2) is 0 Å². The molecule has 0 radical (unpaired) electrons. The van der Waals surface area contributed by atoms with Gasteiger partial charge in [0, 0.05) is 0 Å². The van der Waals surface area contributed by atoms with Crippen molar-refractivity contribution < 1.29 is 0 Å². The van der Waals surface area contributed by atoms with Gasteiger partial charge in [-0.3, -0.25) is 16.0 Å². The van der Waals surface area contributed by atoms with Crippen molar-refractivity contribution >= 4 is 56.8 Å². The minimum atomic E-state index is -0.433. The molecule has 3 nitrogen and oxygen atoms in total. The summed E-state index contributed by atoms with van der Waals surface area (Å²) < 4.78 is 0.463. The van der Waals surface area contributed by atoms with Gasteiger partial charge in [0.2, 0.25) is 0 Å². The van der Waals surface area contributed by atoms with Gasteiger partial charge in [-0.1, -0.05) is 24.9 Å². The van der Waals surface area contributed by atoms with Crippen molar-refractivity contribution in [2.45, 2.75) is 33.2 Å². The van der Waals surface area contributed by atoms with E-state index in [1.807, 2.05) is 0 Å². The molecular weight excluding hydrogens is 403 g/mol. The molecule has 6 heteroatoms. The van der Waals surface area contributed by atoms with Crippen LogP contribution in [0.1, 0.15) is 19.8 Å². The predicted molar refractivity (Wildman–Crippen MR) is 68.5 cm³/mol. The first-order valence-electron chi connectivity index (χ1n) is 3.84. The normalized spacial score (nSPS) is 43.0. The average Bonchev–Trinajstić information content (AvgIpc) is 1.82. The molecule has 12 heavy (non-hydrogen) atoms. The highest BCUT2D eigenvalue weighted by Crippen LogP contribution is 2.22. The Labute approximate surface area is 105 Å². The third-order valence-electron chi connectivity index (χ3n) is 1.60. The van der Waals surface area contributed by atoms with Gasteiger partial charge in [-0.05, 0) is 51.6 Å². The quantitative estimate of drug-likeness (QED) is 0.366. The Balaban J connectivity index is 2.52. The summed E-state index contributed by atoms with van der Waals surface area (Å²) in [7, 11) is 0. The van der Waals surface area contributed by atoms with Crippen molar-refractivity contribution in [3.63, 3.8) is 0 Å². The molecule has 1 aliphatic rings. The van der Waals surface area contributed by atoms with Crippen molar-refractivity contribution in [1.82, 2.24) is 16.0 Å². The van der Waals surface area contributed by atoms with Crippen LogP contribution in [0.3, 0.4) is 0 Å². The highest BCUT2D eigenvalue weighted by atomic mass is 127. The zero-order valence-corrected chi connectivity index (χ0v) is 11.8. The topological polar surface area (TPSA) is 36.1 Å². The molecule has 0 aromatic rings. The first-order chi connectivity index (χ1) is 5.56. The van der Waals surface area contributed by atoms with Gasteiger partial charge in [0.05, 0.1) is 0 Å². The van der Waals surface area contributed by atoms with E-state index in [0.717, 1.165) is 12.8 Å². The molecule has 3 N–H and O–H groups in total. The first kappa shape index (κ1) is 11.7. The SMILES string of the molecule is CCCC1(Cl)NC(I)NC(I)N1. The van der Waals surface area contributed by atoms with Crippen LogP contribution in [0.2, 0.25) is 0 Å². The summed E-state index contributed by atoms with van der Waals surface area (Å²) in [4.78, 5) is 0. The second-order valence-corrected chi connectivity index (χ2v) is 5.87. The average molecular weight is 415 g/mol. The van der Waals surface area contributed by atoms with Crippen LogP contribution in [0, 0.1) is 0 Å². The van der Waals surface area contributed by atoms with Gasteiger partial charge in [-0.2, -0.15) is 0 Å². The summed E-state index contributed by atoms with van der Waals surface area (Å²) in [5.41, 5.74) is 0. The molecule has 1 saturated heterocycles. The highest BCUT2D eigenvalue weighted by molar-refractivity contribution is 14.1. The number of halogens is 3. The summed E-state index contributed by atoms with van der Waals surface area (Å²) in [6.07, 6.45) is 1.99. The Morgan fingerprint density at radius 1 is 1.33 bits per heavy atom. The minimum Gasteiger partial charge on any atom is -0.270 e. The van der Waals surface area contributed by atoms with E-state index in [4.69, 9.17) is 11.6 Å². The van der Waals surface area contributed by atoms with Gasteiger partial charge in [0.1, 0.15) is 13.5 Å². The summed E-state index contributed by atoms with van der Waals surface area (Å²) in [5, 5.41) is 9.32. The third-order valence-corrected chi connectivity index (χ3v) is 3.35. The second-order valence-electron chi connectivity index (χ2n) is 2.73. The predicted octanol–water partition coefficient (Wildman–Crippen LogP) is 1.90. The third kappa shape index (κ3) is 3.41. The van der Waals surface area contributed by atoms with Gasteiger partial charge in [0.15, 0.2) is 0 Å². The largest absolute Gasteiger partial charge is 0.270 e. The number of alkyl halides is 3. The summed E-state index contributed by atoms with van der Waals surface area (Å²) in [6.45, 7) is 2.12. The van der Waals surface area contributed by atoms with E-state index in [1.54, 1.807) is 0 Å². The monoisotopic (exact) mass is 415 g/mol. The molecule has 0 aromatic heterocycles. The minimum absolute atomic E-state index is 0.231. The number of hydrogen-bond donors (Lipinski definition) is 3. The molecule has 0 amide bonds. The molecule has 1 rings (SSSR count). The summed E-state index contributed by atoms with van der Waals surface area (Å²) in [6, 6.07) is 0. The Hall–Kier alpha value is 1.63. The van der Waals surface area contributed by atoms with Crippen molar-refractivity contribution in [2.24, 2.45) is 0 Å². The molecule has 0 bridgehead atoms. The number of rotatable bonds is 2. The van der Waals surface area contributed by atoms with Crippen LogP contribution in [-0.4, -0.2) is 13.5 Å². The van der Waals surface area contributed by atoms with Gasteiger partial charge >= 0.3 is 0 Å². The zero-order chi connectivity index (χ0) is 9.19. The molecule has 2 unspecified atom stereocenters. The maximum Gasteiger partial charge on any atom is 0.150 e. The van der Waals surface area contributed by atoms with Crippen LogP contribution in [0.5, 0.6) is 0 Å². The summed E-state index contributed by atoms with van der Waals surface area (Å²) >= 11 is 10.9. The lowest BCUT2D eigenvalue weighted by Gasteiger charge is -2.40. The van der Waals surface area contributed by atoms with Crippen LogP contribution in [0.4, 0.5) is 0 Å². The van der Waals surface area contributed by atoms with Gasteiger partial charge < -0.3 is 0 Å². The maximum absolute atomic E-state index is 6.29. The molecule has 1 aliphatic heterocycles. The lowest BCUT2D eigenvalue weighted by atomic mass is 10.2. The van der Waals surface area contributed by atoms with E-state index in [-0.39, 0.29) is 8.35 Å².